The molecular formula is C21H23F3O5S. The van der Waals surface area contributed by atoms with Crippen LogP contribution in [0.2, 0.25) is 0 Å². The molecule has 0 heterocycles. The molecule has 0 aliphatic carbocycles. The Morgan fingerprint density at radius 3 is 2.33 bits per heavy atom. The first-order chi connectivity index (χ1) is 14.0. The summed E-state index contributed by atoms with van der Waals surface area (Å²) in [6.45, 7) is 1.94. The van der Waals surface area contributed by atoms with Crippen molar-refractivity contribution in [3.05, 3.63) is 59.7 Å². The van der Waals surface area contributed by atoms with Gasteiger partial charge in [-0.2, -0.15) is 13.2 Å². The zero-order valence-corrected chi connectivity index (χ0v) is 17.2. The maximum atomic E-state index is 12.7. The minimum atomic E-state index is -4.45. The van der Waals surface area contributed by atoms with Crippen LogP contribution in [0.5, 0.6) is 5.75 Å². The molecule has 0 amide bonds. The fraction of sp³-hybridized carbons (Fsp3) is 0.381. The summed E-state index contributed by atoms with van der Waals surface area (Å²) >= 11 is 0. The molecule has 1 unspecified atom stereocenters. The Labute approximate surface area is 173 Å². The smallest absolute Gasteiger partial charge is 0.416 e. The number of carboxylic acid groups (broad SMARTS) is 1. The first-order valence-corrected chi connectivity index (χ1v) is 10.9. The molecule has 0 aliphatic rings. The molecular weight excluding hydrogens is 421 g/mol. The topological polar surface area (TPSA) is 80.7 Å². The van der Waals surface area contributed by atoms with Gasteiger partial charge in [0.15, 0.2) is 15.1 Å². The molecule has 9 heteroatoms. The Morgan fingerprint density at radius 1 is 1.07 bits per heavy atom. The molecule has 2 aromatic carbocycles. The van der Waals surface area contributed by atoms with E-state index in [0.29, 0.717) is 19.3 Å². The van der Waals surface area contributed by atoms with Crippen LogP contribution in [0.25, 0.3) is 0 Å². The van der Waals surface area contributed by atoms with Gasteiger partial charge in [-0.1, -0.05) is 36.6 Å². The summed E-state index contributed by atoms with van der Waals surface area (Å²) in [5.74, 6) is -1.31. The lowest BCUT2D eigenvalue weighted by Crippen LogP contribution is -2.30. The third-order valence-corrected chi connectivity index (χ3v) is 6.66. The van der Waals surface area contributed by atoms with Crippen molar-refractivity contribution in [1.82, 2.24) is 0 Å². The molecule has 2 aromatic rings. The van der Waals surface area contributed by atoms with Gasteiger partial charge in [0.05, 0.1) is 17.1 Å². The summed E-state index contributed by atoms with van der Waals surface area (Å²) < 4.78 is 68.6. The lowest BCUT2D eigenvalue weighted by Gasteiger charge is -2.14. The van der Waals surface area contributed by atoms with Gasteiger partial charge in [-0.3, -0.25) is 4.79 Å². The lowest BCUT2D eigenvalue weighted by atomic mass is 10.1. The van der Waals surface area contributed by atoms with E-state index in [-0.39, 0.29) is 23.7 Å². The highest BCUT2D eigenvalue weighted by Crippen LogP contribution is 2.31. The predicted octanol–water partition coefficient (Wildman–Crippen LogP) is 4.88. The number of carbonyl (C=O) groups is 1. The van der Waals surface area contributed by atoms with Crippen LogP contribution in [0.1, 0.15) is 36.8 Å². The minimum absolute atomic E-state index is 0.0339. The monoisotopic (exact) mass is 444 g/mol. The van der Waals surface area contributed by atoms with Crippen molar-refractivity contribution in [2.75, 3.05) is 6.61 Å². The molecule has 5 nitrogen and oxygen atoms in total. The molecule has 2 rings (SSSR count). The van der Waals surface area contributed by atoms with Gasteiger partial charge in [0.25, 0.3) is 0 Å². The van der Waals surface area contributed by atoms with Crippen LogP contribution in [0.4, 0.5) is 13.2 Å². The van der Waals surface area contributed by atoms with Crippen molar-refractivity contribution >= 4 is 15.8 Å². The van der Waals surface area contributed by atoms with Crippen molar-refractivity contribution in [2.24, 2.45) is 0 Å². The number of hydrogen-bond donors (Lipinski definition) is 1. The van der Waals surface area contributed by atoms with Crippen LogP contribution in [-0.2, 0) is 20.8 Å². The average Bonchev–Trinajstić information content (AvgIpc) is 2.66. The van der Waals surface area contributed by atoms with Crippen molar-refractivity contribution < 1.29 is 36.2 Å². The number of ether oxygens (including phenoxy) is 1. The molecule has 0 saturated heterocycles. The van der Waals surface area contributed by atoms with Crippen molar-refractivity contribution in [3.8, 4) is 5.75 Å². The average molecular weight is 444 g/mol. The highest BCUT2D eigenvalue weighted by Gasteiger charge is 2.33. The first-order valence-electron chi connectivity index (χ1n) is 9.35. The first kappa shape index (κ1) is 23.7. The number of aliphatic carboxylic acids is 1. The Bertz CT molecular complexity index is 953. The fourth-order valence-electron chi connectivity index (χ4n) is 2.86. The van der Waals surface area contributed by atoms with E-state index in [1.54, 1.807) is 19.1 Å². The van der Waals surface area contributed by atoms with Gasteiger partial charge in [0.1, 0.15) is 5.75 Å². The molecule has 0 fully saturated rings. The number of rotatable bonds is 10. The highest BCUT2D eigenvalue weighted by atomic mass is 32.2. The van der Waals surface area contributed by atoms with E-state index in [9.17, 15) is 31.5 Å². The second-order valence-corrected chi connectivity index (χ2v) is 9.04. The maximum Gasteiger partial charge on any atom is 0.416 e. The lowest BCUT2D eigenvalue weighted by molar-refractivity contribution is -0.138. The van der Waals surface area contributed by atoms with Crippen LogP contribution >= 0.6 is 0 Å². The fourth-order valence-corrected chi connectivity index (χ4v) is 4.45. The van der Waals surface area contributed by atoms with Gasteiger partial charge in [-0.25, -0.2) is 8.42 Å². The number of aryl methyl sites for hydroxylation is 1. The van der Waals surface area contributed by atoms with E-state index >= 15 is 0 Å². The van der Waals surface area contributed by atoms with Gasteiger partial charge in [-0.15, -0.1) is 0 Å². The maximum absolute atomic E-state index is 12.7. The number of sulfone groups is 1. The molecule has 0 saturated carbocycles. The van der Waals surface area contributed by atoms with Crippen LogP contribution in [0.15, 0.2) is 53.4 Å². The summed E-state index contributed by atoms with van der Waals surface area (Å²) in [5.41, 5.74) is 0.0622. The Hall–Kier alpha value is -2.55. The Morgan fingerprint density at radius 2 is 1.73 bits per heavy atom. The summed E-state index contributed by atoms with van der Waals surface area (Å²) in [7, 11) is -4.01. The predicted molar refractivity (Wildman–Crippen MR) is 105 cm³/mol. The van der Waals surface area contributed by atoms with Gasteiger partial charge in [0.2, 0.25) is 0 Å². The second kappa shape index (κ2) is 9.97. The molecule has 30 heavy (non-hydrogen) atoms. The van der Waals surface area contributed by atoms with E-state index < -0.39 is 32.8 Å². The number of unbranched alkanes of at least 4 members (excludes halogenated alkanes) is 2. The Kier molecular flexibility index (Phi) is 7.89. The van der Waals surface area contributed by atoms with Gasteiger partial charge >= 0.3 is 12.1 Å². The third kappa shape index (κ3) is 6.48. The molecule has 0 spiro atoms. The molecule has 0 bridgehead atoms. The van der Waals surface area contributed by atoms with E-state index in [1.165, 1.54) is 24.3 Å². The summed E-state index contributed by atoms with van der Waals surface area (Å²) in [4.78, 5) is 11.5. The molecule has 164 valence electrons. The second-order valence-electron chi connectivity index (χ2n) is 6.91. The van der Waals surface area contributed by atoms with Crippen molar-refractivity contribution in [1.29, 1.82) is 0 Å². The standard InChI is InChI=1S/C21H23F3O5S/c1-15-9-11-18(12-10-15)30(27,28)19(20(25)26)8-3-2-4-13-29-17-7-5-6-16(14-17)21(22,23)24/h5-7,9-12,14,19H,2-4,8,13H2,1H3,(H,25,26). The molecule has 0 radical (unpaired) electrons. The third-order valence-electron chi connectivity index (χ3n) is 4.54. The van der Waals surface area contributed by atoms with Crippen molar-refractivity contribution in [2.45, 2.75) is 48.9 Å². The zero-order chi connectivity index (χ0) is 22.4. The minimum Gasteiger partial charge on any atom is -0.494 e. The SMILES string of the molecule is Cc1ccc(S(=O)(=O)C(CCCCCOc2cccc(C(F)(F)F)c2)C(=O)O)cc1. The number of hydrogen-bond acceptors (Lipinski definition) is 4. The van der Waals surface area contributed by atoms with E-state index in [4.69, 9.17) is 4.74 Å². The summed E-state index contributed by atoms with van der Waals surface area (Å²) in [5, 5.41) is 7.82. The van der Waals surface area contributed by atoms with E-state index in [2.05, 4.69) is 0 Å². The zero-order valence-electron chi connectivity index (χ0n) is 16.4. The highest BCUT2D eigenvalue weighted by molar-refractivity contribution is 7.92. The quantitative estimate of drug-likeness (QED) is 0.529. The van der Waals surface area contributed by atoms with Gasteiger partial charge < -0.3 is 9.84 Å². The van der Waals surface area contributed by atoms with Gasteiger partial charge in [0, 0.05) is 0 Å². The van der Waals surface area contributed by atoms with Crippen LogP contribution in [0.3, 0.4) is 0 Å². The largest absolute Gasteiger partial charge is 0.494 e. The number of halogens is 3. The normalized spacial score (nSPS) is 13.1. The van der Waals surface area contributed by atoms with Crippen LogP contribution < -0.4 is 4.74 Å². The van der Waals surface area contributed by atoms with E-state index in [1.807, 2.05) is 0 Å². The molecule has 0 aliphatic heterocycles. The summed E-state index contributed by atoms with van der Waals surface area (Å²) in [6, 6.07) is 10.5. The molecule has 0 aromatic heterocycles. The molecule has 1 atom stereocenters. The molecule has 1 N–H and O–H groups in total. The Balaban J connectivity index is 1.84. The summed E-state index contributed by atoms with van der Waals surface area (Å²) in [6.07, 6.45) is -3.25. The van der Waals surface area contributed by atoms with Crippen LogP contribution in [0, 0.1) is 6.92 Å². The van der Waals surface area contributed by atoms with Gasteiger partial charge in [-0.05, 0) is 50.1 Å². The number of benzene rings is 2. The van der Waals surface area contributed by atoms with E-state index in [0.717, 1.165) is 17.7 Å². The number of alkyl halides is 3. The number of carboxylic acids is 1. The van der Waals surface area contributed by atoms with Crippen LogP contribution in [-0.4, -0.2) is 31.4 Å². The van der Waals surface area contributed by atoms with Crippen molar-refractivity contribution in [3.63, 3.8) is 0 Å².